The van der Waals surface area contributed by atoms with Gasteiger partial charge in [-0.3, -0.25) is 0 Å². The van der Waals surface area contributed by atoms with Crippen molar-refractivity contribution in [3.8, 4) is 22.9 Å². The van der Waals surface area contributed by atoms with Gasteiger partial charge in [-0.1, -0.05) is 60.7 Å². The molecule has 0 bridgehead atoms. The van der Waals surface area contributed by atoms with Crippen LogP contribution in [0.5, 0.6) is 11.8 Å². The molecule has 0 aliphatic heterocycles. The van der Waals surface area contributed by atoms with Crippen molar-refractivity contribution in [2.24, 2.45) is 0 Å². The molecule has 0 amide bonds. The highest BCUT2D eigenvalue weighted by Gasteiger charge is 2.31. The van der Waals surface area contributed by atoms with Crippen LogP contribution in [0.15, 0.2) is 91.0 Å². The van der Waals surface area contributed by atoms with Crippen molar-refractivity contribution >= 4 is 0 Å². The van der Waals surface area contributed by atoms with E-state index in [-0.39, 0.29) is 36.1 Å². The maximum absolute atomic E-state index is 13.4. The number of alkyl halides is 3. The number of rotatable bonds is 8. The quantitative estimate of drug-likeness (QED) is 0.326. The van der Waals surface area contributed by atoms with E-state index >= 15 is 0 Å². The monoisotopic (exact) mass is 465 g/mol. The Kier molecular flexibility index (Phi) is 7.13. The van der Waals surface area contributed by atoms with Crippen LogP contribution >= 0.6 is 0 Å². The first kappa shape index (κ1) is 23.3. The van der Waals surface area contributed by atoms with Crippen LogP contribution in [-0.4, -0.2) is 10.1 Å². The van der Waals surface area contributed by atoms with Crippen molar-refractivity contribution in [3.05, 3.63) is 113 Å². The molecule has 4 nitrogen and oxygen atoms in total. The van der Waals surface area contributed by atoms with E-state index in [1.807, 2.05) is 60.7 Å². The van der Waals surface area contributed by atoms with Crippen molar-refractivity contribution in [2.45, 2.75) is 26.0 Å². The Labute approximate surface area is 195 Å². The van der Waals surface area contributed by atoms with Crippen molar-refractivity contribution in [1.29, 1.82) is 0 Å². The second-order valence-electron chi connectivity index (χ2n) is 7.63. The van der Waals surface area contributed by atoms with Gasteiger partial charge in [0.25, 0.3) is 0 Å². The van der Waals surface area contributed by atoms with E-state index in [9.17, 15) is 18.3 Å². The minimum absolute atomic E-state index is 0.137. The lowest BCUT2D eigenvalue weighted by Gasteiger charge is -2.16. The number of aliphatic hydroxyl groups is 1. The van der Waals surface area contributed by atoms with Gasteiger partial charge < -0.3 is 14.6 Å². The van der Waals surface area contributed by atoms with Gasteiger partial charge in [-0.05, 0) is 46.5 Å². The molecule has 0 aliphatic carbocycles. The lowest BCUT2D eigenvalue weighted by atomic mass is 10.0. The third kappa shape index (κ3) is 5.94. The zero-order valence-electron chi connectivity index (χ0n) is 18.1. The standard InChI is InChI=1S/C27H22F3NO3/c28-27(29,30)23-14-21(16-32)13-22(15-23)24-11-12-25(33-17-19-7-3-1-4-8-19)31-26(24)34-18-20-9-5-2-6-10-20/h1-15,32H,16-18H2. The molecule has 1 heterocycles. The Morgan fingerprint density at radius 1 is 0.706 bits per heavy atom. The molecule has 0 atom stereocenters. The summed E-state index contributed by atoms with van der Waals surface area (Å²) in [5.41, 5.74) is 1.72. The highest BCUT2D eigenvalue weighted by Crippen LogP contribution is 2.37. The molecule has 0 spiro atoms. The Morgan fingerprint density at radius 2 is 1.32 bits per heavy atom. The van der Waals surface area contributed by atoms with Crippen LogP contribution < -0.4 is 9.47 Å². The summed E-state index contributed by atoms with van der Waals surface area (Å²) in [5.74, 6) is 0.419. The molecule has 0 saturated carbocycles. The lowest BCUT2D eigenvalue weighted by Crippen LogP contribution is -2.07. The number of pyridine rings is 1. The van der Waals surface area contributed by atoms with E-state index in [1.165, 1.54) is 6.07 Å². The van der Waals surface area contributed by atoms with E-state index in [0.29, 0.717) is 5.56 Å². The molecule has 1 N–H and O–H groups in total. The fourth-order valence-electron chi connectivity index (χ4n) is 3.39. The normalized spacial score (nSPS) is 11.3. The molecule has 0 fully saturated rings. The van der Waals surface area contributed by atoms with E-state index in [1.54, 1.807) is 12.1 Å². The summed E-state index contributed by atoms with van der Waals surface area (Å²) in [4.78, 5) is 4.44. The van der Waals surface area contributed by atoms with Crippen LogP contribution in [0.25, 0.3) is 11.1 Å². The van der Waals surface area contributed by atoms with Gasteiger partial charge in [0.05, 0.1) is 12.2 Å². The lowest BCUT2D eigenvalue weighted by molar-refractivity contribution is -0.137. The third-order valence-corrected chi connectivity index (χ3v) is 5.10. The van der Waals surface area contributed by atoms with Crippen LogP contribution in [-0.2, 0) is 26.0 Å². The molecule has 0 radical (unpaired) electrons. The minimum Gasteiger partial charge on any atom is -0.473 e. The van der Waals surface area contributed by atoms with Crippen LogP contribution in [0.2, 0.25) is 0 Å². The fourth-order valence-corrected chi connectivity index (χ4v) is 3.39. The Bertz CT molecular complexity index is 1230. The van der Waals surface area contributed by atoms with E-state index < -0.39 is 18.3 Å². The number of benzene rings is 3. The van der Waals surface area contributed by atoms with Crippen LogP contribution in [0.1, 0.15) is 22.3 Å². The highest BCUT2D eigenvalue weighted by atomic mass is 19.4. The number of halogens is 3. The smallest absolute Gasteiger partial charge is 0.416 e. The Morgan fingerprint density at radius 3 is 1.91 bits per heavy atom. The number of hydrogen-bond donors (Lipinski definition) is 1. The molecular formula is C27H22F3NO3. The number of aliphatic hydroxyl groups excluding tert-OH is 1. The summed E-state index contributed by atoms with van der Waals surface area (Å²) >= 11 is 0. The van der Waals surface area contributed by atoms with Crippen molar-refractivity contribution < 1.29 is 27.8 Å². The summed E-state index contributed by atoms with van der Waals surface area (Å²) in [6, 6.07) is 25.6. The van der Waals surface area contributed by atoms with Gasteiger partial charge in [0, 0.05) is 11.6 Å². The second-order valence-corrected chi connectivity index (χ2v) is 7.63. The number of ether oxygens (including phenoxy) is 2. The molecule has 4 aromatic rings. The molecule has 0 unspecified atom stereocenters. The van der Waals surface area contributed by atoms with Crippen LogP contribution in [0.3, 0.4) is 0 Å². The van der Waals surface area contributed by atoms with Gasteiger partial charge in [0.2, 0.25) is 11.8 Å². The molecule has 1 aromatic heterocycles. The van der Waals surface area contributed by atoms with E-state index in [2.05, 4.69) is 4.98 Å². The predicted octanol–water partition coefficient (Wildman–Crippen LogP) is 6.42. The Balaban J connectivity index is 1.69. The number of nitrogens with zero attached hydrogens (tertiary/aromatic N) is 1. The SMILES string of the molecule is OCc1cc(-c2ccc(OCc3ccccc3)nc2OCc2ccccc2)cc(C(F)(F)F)c1. The molecule has 0 saturated heterocycles. The van der Waals surface area contributed by atoms with E-state index in [0.717, 1.165) is 23.3 Å². The summed E-state index contributed by atoms with van der Waals surface area (Å²) in [7, 11) is 0. The molecule has 4 rings (SSSR count). The topological polar surface area (TPSA) is 51.6 Å². The van der Waals surface area contributed by atoms with Crippen molar-refractivity contribution in [3.63, 3.8) is 0 Å². The summed E-state index contributed by atoms with van der Waals surface area (Å²) < 4.78 is 52.1. The van der Waals surface area contributed by atoms with Crippen molar-refractivity contribution in [2.75, 3.05) is 0 Å². The van der Waals surface area contributed by atoms with Gasteiger partial charge in [0.1, 0.15) is 13.2 Å². The first-order valence-electron chi connectivity index (χ1n) is 10.6. The van der Waals surface area contributed by atoms with Crippen LogP contribution in [0.4, 0.5) is 13.2 Å². The number of hydrogen-bond acceptors (Lipinski definition) is 4. The first-order chi connectivity index (χ1) is 16.4. The zero-order chi connectivity index (χ0) is 24.0. The predicted molar refractivity (Wildman–Crippen MR) is 122 cm³/mol. The van der Waals surface area contributed by atoms with Gasteiger partial charge in [0.15, 0.2) is 0 Å². The summed E-state index contributed by atoms with van der Waals surface area (Å²) in [5, 5.41) is 9.51. The average Bonchev–Trinajstić information content (AvgIpc) is 2.86. The third-order valence-electron chi connectivity index (χ3n) is 5.10. The van der Waals surface area contributed by atoms with Gasteiger partial charge in [-0.25, -0.2) is 0 Å². The second kappa shape index (κ2) is 10.4. The Hall–Kier alpha value is -3.84. The fraction of sp³-hybridized carbons (Fsp3) is 0.148. The molecule has 34 heavy (non-hydrogen) atoms. The molecular weight excluding hydrogens is 443 g/mol. The van der Waals surface area contributed by atoms with Crippen LogP contribution in [0, 0.1) is 0 Å². The molecule has 0 aliphatic rings. The maximum atomic E-state index is 13.4. The van der Waals surface area contributed by atoms with Gasteiger partial charge in [-0.2, -0.15) is 18.2 Å². The highest BCUT2D eigenvalue weighted by molar-refractivity contribution is 5.70. The molecule has 7 heteroatoms. The average molecular weight is 465 g/mol. The maximum Gasteiger partial charge on any atom is 0.416 e. The molecule has 174 valence electrons. The molecule has 3 aromatic carbocycles. The van der Waals surface area contributed by atoms with E-state index in [4.69, 9.17) is 9.47 Å². The number of aromatic nitrogens is 1. The zero-order valence-corrected chi connectivity index (χ0v) is 18.1. The van der Waals surface area contributed by atoms with Gasteiger partial charge in [-0.15, -0.1) is 0 Å². The minimum atomic E-state index is -4.56. The summed E-state index contributed by atoms with van der Waals surface area (Å²) in [6.45, 7) is -0.0683. The largest absolute Gasteiger partial charge is 0.473 e. The van der Waals surface area contributed by atoms with Crippen molar-refractivity contribution in [1.82, 2.24) is 4.98 Å². The summed E-state index contributed by atoms with van der Waals surface area (Å²) in [6.07, 6.45) is -4.56. The first-order valence-corrected chi connectivity index (χ1v) is 10.6. The van der Waals surface area contributed by atoms with Gasteiger partial charge >= 0.3 is 6.18 Å².